The zero-order valence-electron chi connectivity index (χ0n) is 17.5. The second-order valence-corrected chi connectivity index (χ2v) is 7.67. The zero-order valence-corrected chi connectivity index (χ0v) is 18.2. The summed E-state index contributed by atoms with van der Waals surface area (Å²) in [4.78, 5) is 23.6. The molecule has 10 heteroatoms. The smallest absolute Gasteiger partial charge is 0.256 e. The number of aliphatic hydroxyl groups is 2. The molecule has 1 aliphatic rings. The summed E-state index contributed by atoms with van der Waals surface area (Å²) in [5, 5.41) is 25.0. The van der Waals surface area contributed by atoms with E-state index in [1.807, 2.05) is 11.0 Å². The number of hydrogen-bond acceptors (Lipinski definition) is 8. The Labute approximate surface area is 186 Å². The highest BCUT2D eigenvalue weighted by Crippen LogP contribution is 2.27. The molecule has 3 rings (SSSR count). The first-order chi connectivity index (χ1) is 15.1. The lowest BCUT2D eigenvalue weighted by Gasteiger charge is -2.24. The Bertz CT molecular complexity index is 898. The van der Waals surface area contributed by atoms with Crippen LogP contribution in [0.2, 0.25) is 5.02 Å². The Balaban J connectivity index is 1.83. The maximum Gasteiger partial charge on any atom is 0.256 e. The van der Waals surface area contributed by atoms with Gasteiger partial charge in [0.2, 0.25) is 5.95 Å². The Morgan fingerprint density at radius 1 is 1.39 bits per heavy atom. The van der Waals surface area contributed by atoms with E-state index in [0.29, 0.717) is 47.6 Å². The molecule has 1 atom stereocenters. The van der Waals surface area contributed by atoms with Crippen molar-refractivity contribution in [3.05, 3.63) is 40.5 Å². The molecule has 2 heterocycles. The molecule has 0 saturated carbocycles. The van der Waals surface area contributed by atoms with Crippen LogP contribution in [-0.4, -0.2) is 65.5 Å². The van der Waals surface area contributed by atoms with Crippen molar-refractivity contribution in [3.63, 3.8) is 0 Å². The second kappa shape index (κ2) is 11.1. The Morgan fingerprint density at radius 3 is 2.94 bits per heavy atom. The molecule has 1 aliphatic heterocycles. The third-order valence-corrected chi connectivity index (χ3v) is 5.46. The van der Waals surface area contributed by atoms with Gasteiger partial charge in [-0.05, 0) is 37.0 Å². The fourth-order valence-electron chi connectivity index (χ4n) is 3.48. The van der Waals surface area contributed by atoms with Crippen LogP contribution in [0.5, 0.6) is 5.75 Å². The number of nitrogens with zero attached hydrogens (tertiary/aromatic N) is 3. The molecule has 2 aromatic rings. The Hall–Kier alpha value is -2.62. The van der Waals surface area contributed by atoms with Gasteiger partial charge in [0, 0.05) is 32.4 Å². The molecule has 0 spiro atoms. The molecule has 1 amide bonds. The van der Waals surface area contributed by atoms with Crippen LogP contribution in [-0.2, 0) is 6.54 Å². The third-order valence-electron chi connectivity index (χ3n) is 5.16. The van der Waals surface area contributed by atoms with E-state index >= 15 is 0 Å². The standard InChI is InChI=1S/C21H28ClN5O4/c1-31-18-6-5-14(10-17(18)22)11-24-19-16(20(30)23-7-3-9-28)12-25-21(26-19)27-8-2-4-15(27)13-29/h5-6,10,12,15,28-29H,2-4,7-9,11,13H2,1H3,(H,23,30)(H,24,25,26)/t15-/m0/s1. The van der Waals surface area contributed by atoms with Crippen LogP contribution in [0.25, 0.3) is 0 Å². The van der Waals surface area contributed by atoms with Gasteiger partial charge >= 0.3 is 0 Å². The van der Waals surface area contributed by atoms with Gasteiger partial charge in [-0.15, -0.1) is 0 Å². The number of aromatic nitrogens is 2. The maximum absolute atomic E-state index is 12.6. The lowest BCUT2D eigenvalue weighted by atomic mass is 10.2. The minimum absolute atomic E-state index is 0.00341. The Morgan fingerprint density at radius 2 is 2.23 bits per heavy atom. The number of ether oxygens (including phenoxy) is 1. The summed E-state index contributed by atoms with van der Waals surface area (Å²) in [6, 6.07) is 5.42. The van der Waals surface area contributed by atoms with Gasteiger partial charge in [0.1, 0.15) is 17.1 Å². The number of anilines is 2. The number of halogens is 1. The molecular formula is C21H28ClN5O4. The molecular weight excluding hydrogens is 422 g/mol. The molecule has 31 heavy (non-hydrogen) atoms. The van der Waals surface area contributed by atoms with Crippen molar-refractivity contribution < 1.29 is 19.7 Å². The number of nitrogens with one attached hydrogen (secondary N) is 2. The predicted molar refractivity (Wildman–Crippen MR) is 119 cm³/mol. The fourth-order valence-corrected chi connectivity index (χ4v) is 3.76. The van der Waals surface area contributed by atoms with Crippen LogP contribution in [0.3, 0.4) is 0 Å². The topological polar surface area (TPSA) is 120 Å². The highest BCUT2D eigenvalue weighted by atomic mass is 35.5. The summed E-state index contributed by atoms with van der Waals surface area (Å²) in [5.74, 6) is 1.12. The van der Waals surface area contributed by atoms with Crippen molar-refractivity contribution in [2.45, 2.75) is 31.8 Å². The van der Waals surface area contributed by atoms with Crippen molar-refractivity contribution in [2.24, 2.45) is 0 Å². The van der Waals surface area contributed by atoms with Gasteiger partial charge in [-0.1, -0.05) is 17.7 Å². The normalized spacial score (nSPS) is 15.7. The number of aliphatic hydroxyl groups excluding tert-OH is 2. The lowest BCUT2D eigenvalue weighted by Crippen LogP contribution is -2.34. The number of rotatable bonds is 10. The van der Waals surface area contributed by atoms with Gasteiger partial charge < -0.3 is 30.5 Å². The van der Waals surface area contributed by atoms with Gasteiger partial charge in [0.05, 0.1) is 24.8 Å². The molecule has 1 saturated heterocycles. The molecule has 0 radical (unpaired) electrons. The average Bonchev–Trinajstić information content (AvgIpc) is 3.26. The summed E-state index contributed by atoms with van der Waals surface area (Å²) in [7, 11) is 1.56. The Kier molecular flexibility index (Phi) is 8.27. The SMILES string of the molecule is COc1ccc(CNc2nc(N3CCC[C@H]3CO)ncc2C(=O)NCCCO)cc1Cl. The molecule has 0 aliphatic carbocycles. The van der Waals surface area contributed by atoms with Crippen LogP contribution in [0.15, 0.2) is 24.4 Å². The van der Waals surface area contributed by atoms with E-state index in [0.717, 1.165) is 24.9 Å². The van der Waals surface area contributed by atoms with Gasteiger partial charge in [-0.3, -0.25) is 4.79 Å². The van der Waals surface area contributed by atoms with Gasteiger partial charge in [-0.2, -0.15) is 4.98 Å². The van der Waals surface area contributed by atoms with Gasteiger partial charge in [0.15, 0.2) is 0 Å². The average molecular weight is 450 g/mol. The van der Waals surface area contributed by atoms with Gasteiger partial charge in [0.25, 0.3) is 5.91 Å². The molecule has 4 N–H and O–H groups in total. The molecule has 0 unspecified atom stereocenters. The number of carbonyl (C=O) groups is 1. The monoisotopic (exact) mass is 449 g/mol. The van der Waals surface area contributed by atoms with E-state index in [2.05, 4.69) is 20.6 Å². The summed E-state index contributed by atoms with van der Waals surface area (Å²) in [6.07, 6.45) is 3.78. The van der Waals surface area contributed by atoms with E-state index in [1.165, 1.54) is 6.20 Å². The van der Waals surface area contributed by atoms with Crippen LogP contribution in [0.4, 0.5) is 11.8 Å². The van der Waals surface area contributed by atoms with Crippen molar-refractivity contribution in [1.29, 1.82) is 0 Å². The third kappa shape index (κ3) is 5.75. The van der Waals surface area contributed by atoms with Crippen LogP contribution in [0, 0.1) is 0 Å². The first kappa shape index (κ1) is 23.1. The number of hydrogen-bond donors (Lipinski definition) is 4. The zero-order chi connectivity index (χ0) is 22.2. The summed E-state index contributed by atoms with van der Waals surface area (Å²) >= 11 is 6.21. The fraction of sp³-hybridized carbons (Fsp3) is 0.476. The van der Waals surface area contributed by atoms with E-state index in [9.17, 15) is 9.90 Å². The number of benzene rings is 1. The van der Waals surface area contributed by atoms with E-state index in [-0.39, 0.29) is 25.2 Å². The minimum Gasteiger partial charge on any atom is -0.495 e. The van der Waals surface area contributed by atoms with Crippen molar-refractivity contribution in [3.8, 4) is 5.75 Å². The van der Waals surface area contributed by atoms with E-state index < -0.39 is 0 Å². The number of methoxy groups -OCH3 is 1. The second-order valence-electron chi connectivity index (χ2n) is 7.26. The van der Waals surface area contributed by atoms with Crippen LogP contribution in [0.1, 0.15) is 35.2 Å². The predicted octanol–water partition coefficient (Wildman–Crippen LogP) is 1.82. The first-order valence-electron chi connectivity index (χ1n) is 10.3. The number of carbonyl (C=O) groups excluding carboxylic acids is 1. The first-order valence-corrected chi connectivity index (χ1v) is 10.6. The minimum atomic E-state index is -0.324. The van der Waals surface area contributed by atoms with E-state index in [4.69, 9.17) is 21.4 Å². The van der Waals surface area contributed by atoms with Crippen LogP contribution < -0.4 is 20.3 Å². The largest absolute Gasteiger partial charge is 0.495 e. The molecule has 9 nitrogen and oxygen atoms in total. The molecule has 1 aromatic carbocycles. The number of amides is 1. The van der Waals surface area contributed by atoms with Crippen molar-refractivity contribution in [2.75, 3.05) is 43.6 Å². The lowest BCUT2D eigenvalue weighted by molar-refractivity contribution is 0.0951. The summed E-state index contributed by atoms with van der Waals surface area (Å²) in [6.45, 7) is 1.51. The highest BCUT2D eigenvalue weighted by Gasteiger charge is 2.27. The molecule has 0 bridgehead atoms. The van der Waals surface area contributed by atoms with Crippen molar-refractivity contribution in [1.82, 2.24) is 15.3 Å². The molecule has 1 fully saturated rings. The highest BCUT2D eigenvalue weighted by molar-refractivity contribution is 6.32. The van der Waals surface area contributed by atoms with Gasteiger partial charge in [-0.25, -0.2) is 4.98 Å². The van der Waals surface area contributed by atoms with E-state index in [1.54, 1.807) is 19.2 Å². The molecule has 168 valence electrons. The molecule has 1 aromatic heterocycles. The van der Waals surface area contributed by atoms with Crippen molar-refractivity contribution >= 4 is 29.3 Å². The van der Waals surface area contributed by atoms with Crippen LogP contribution >= 0.6 is 11.6 Å². The quantitative estimate of drug-likeness (QED) is 0.405. The maximum atomic E-state index is 12.6. The summed E-state index contributed by atoms with van der Waals surface area (Å²) < 4.78 is 5.18. The summed E-state index contributed by atoms with van der Waals surface area (Å²) in [5.41, 5.74) is 1.20.